The lowest BCUT2D eigenvalue weighted by Crippen LogP contribution is -3.00. The van der Waals surface area contributed by atoms with Gasteiger partial charge >= 0.3 is 0 Å². The van der Waals surface area contributed by atoms with Crippen molar-refractivity contribution in [2.75, 3.05) is 23.8 Å². The van der Waals surface area contributed by atoms with E-state index in [9.17, 15) is 13.5 Å². The zero-order valence-corrected chi connectivity index (χ0v) is 38.6. The molecule has 0 unspecified atom stereocenters. The molecule has 2 atom stereocenters. The van der Waals surface area contributed by atoms with Gasteiger partial charge in [0.2, 0.25) is 0 Å². The molecule has 4 rings (SSSR count). The molecule has 0 saturated heterocycles. The Labute approximate surface area is 352 Å². The van der Waals surface area contributed by atoms with Crippen LogP contribution >= 0.6 is 29.9 Å². The van der Waals surface area contributed by atoms with Crippen molar-refractivity contribution in [3.05, 3.63) is 121 Å². The molecule has 0 amide bonds. The smallest absolute Gasteiger partial charge is 0.296 e. The molecule has 6 nitrogen and oxygen atoms in total. The number of hydrogen-bond donors (Lipinski definition) is 3. The molecule has 0 radical (unpaired) electrons. The summed E-state index contributed by atoms with van der Waals surface area (Å²) in [7, 11) is -5.34. The lowest BCUT2D eigenvalue weighted by Gasteiger charge is -2.28. The molecule has 0 spiro atoms. The lowest BCUT2D eigenvalue weighted by molar-refractivity contribution is -0.0000218. The monoisotopic (exact) mass is 992 g/mol. The molecule has 0 aliphatic carbocycles. The van der Waals surface area contributed by atoms with Crippen LogP contribution in [0.3, 0.4) is 0 Å². The van der Waals surface area contributed by atoms with Crippen molar-refractivity contribution >= 4 is 55.9 Å². The van der Waals surface area contributed by atoms with Crippen molar-refractivity contribution in [3.8, 4) is 0 Å². The quantitative estimate of drug-likeness (QED) is 0.0611. The molecule has 0 bridgehead atoms. The fourth-order valence-electron chi connectivity index (χ4n) is 4.83. The fourth-order valence-corrected chi connectivity index (χ4v) is 11.5. The molecular weight excluding hydrogens is 929 g/mol. The van der Waals surface area contributed by atoms with Crippen LogP contribution < -0.4 is 39.9 Å². The number of aliphatic hydroxyl groups is 3. The Morgan fingerprint density at radius 1 is 0.623 bits per heavy atom. The molecule has 0 heterocycles. The predicted molar refractivity (Wildman–Crippen MR) is 232 cm³/mol. The number of rotatable bonds is 15. The average molecular weight is 993 g/mol. The normalized spacial score (nSPS) is 12.2. The number of halogens is 2. The average Bonchev–Trinajstić information content (AvgIpc) is 3.10. The van der Waals surface area contributed by atoms with Crippen LogP contribution in [0.5, 0.6) is 0 Å². The highest BCUT2D eigenvalue weighted by atomic mass is 127. The summed E-state index contributed by atoms with van der Waals surface area (Å²) in [6.45, 7) is 14.3. The highest BCUT2D eigenvalue weighted by Gasteiger charge is 2.44. The van der Waals surface area contributed by atoms with E-state index in [2.05, 4.69) is 127 Å². The molecule has 296 valence electrons. The number of aryl methyl sites for hydroxylation is 1. The molecule has 0 aliphatic heterocycles. The Morgan fingerprint density at radius 3 is 1.30 bits per heavy atom. The van der Waals surface area contributed by atoms with Gasteiger partial charge in [-0.3, -0.25) is 4.18 Å². The maximum absolute atomic E-state index is 11.7. The van der Waals surface area contributed by atoms with Gasteiger partial charge in [0.25, 0.3) is 10.1 Å². The van der Waals surface area contributed by atoms with E-state index in [4.69, 9.17) is 14.4 Å². The van der Waals surface area contributed by atoms with E-state index in [0.717, 1.165) is 30.5 Å². The van der Waals surface area contributed by atoms with E-state index in [0.29, 0.717) is 12.3 Å². The zero-order chi connectivity index (χ0) is 39.0. The summed E-state index contributed by atoms with van der Waals surface area (Å²) >= 11 is 2.40. The Morgan fingerprint density at radius 2 is 1.02 bits per heavy atom. The standard InChI is InChI=1S/C22H24OP.C12H18O3S.C5H11I.C4H10O2.HI/c1-19(23)17-18-24(20-11-5-2-6-12-20,21-13-7-3-8-14-21)22-15-9-4-10-16-22;1-10(2)8-9-15-16(13,14)12-6-4-11(3)5-7-12;1-5(2)3-4-6;1-4(6)2-3-5;/h2-16,19,23H,17-18H2,1H3;4-7,10H,8-9H2,1-3H3;5H,3-4H2,1-2H3;4-6H,2-3H2,1H3;1H/q+1;;;;/p-1/t19-;;;4-;/m1..1./s1. The van der Waals surface area contributed by atoms with Crippen LogP contribution in [-0.2, 0) is 14.3 Å². The molecule has 4 aromatic carbocycles. The van der Waals surface area contributed by atoms with Crippen LogP contribution in [-0.4, -0.2) is 59.7 Å². The van der Waals surface area contributed by atoms with Crippen molar-refractivity contribution in [1.29, 1.82) is 0 Å². The Balaban J connectivity index is 0.000000802. The van der Waals surface area contributed by atoms with Crippen molar-refractivity contribution in [2.45, 2.75) is 91.3 Å². The predicted octanol–water partition coefficient (Wildman–Crippen LogP) is 5.72. The van der Waals surface area contributed by atoms with Crippen molar-refractivity contribution < 1.29 is 51.9 Å². The summed E-state index contributed by atoms with van der Waals surface area (Å²) in [5, 5.41) is 30.6. The molecule has 3 N–H and O–H groups in total. The number of aliphatic hydroxyl groups excluding tert-OH is 3. The van der Waals surface area contributed by atoms with E-state index >= 15 is 0 Å². The van der Waals surface area contributed by atoms with Gasteiger partial charge in [-0.15, -0.1) is 0 Å². The highest BCUT2D eigenvalue weighted by molar-refractivity contribution is 14.1. The third kappa shape index (κ3) is 20.9. The molecule has 0 aromatic heterocycles. The van der Waals surface area contributed by atoms with E-state index in [1.807, 2.05) is 27.7 Å². The summed E-state index contributed by atoms with van der Waals surface area (Å²) in [4.78, 5) is 0.224. The fraction of sp³-hybridized carbons (Fsp3) is 0.442. The van der Waals surface area contributed by atoms with Gasteiger partial charge < -0.3 is 39.3 Å². The van der Waals surface area contributed by atoms with Crippen LogP contribution in [0.1, 0.15) is 72.8 Å². The maximum atomic E-state index is 11.7. The zero-order valence-electron chi connectivity index (χ0n) is 32.6. The van der Waals surface area contributed by atoms with Crippen LogP contribution in [0, 0.1) is 18.8 Å². The SMILES string of the molecule is CC(C)CCI.C[C@@H](O)CCO.C[C@@H](O)CC[P+](c1ccccc1)(c1ccccc1)c1ccccc1.Cc1ccc(S(=O)(=O)OCCC(C)C)cc1.[I-]. The third-order valence-corrected chi connectivity index (χ3v) is 14.4. The Hall–Kier alpha value is -1.44. The first-order valence-corrected chi connectivity index (χ1v) is 23.1. The molecule has 0 aliphatic rings. The van der Waals surface area contributed by atoms with Gasteiger partial charge in [0.15, 0.2) is 0 Å². The second-order valence-corrected chi connectivity index (χ2v) is 20.0. The van der Waals surface area contributed by atoms with Gasteiger partial charge in [0, 0.05) is 13.0 Å². The minimum absolute atomic E-state index is 0. The van der Waals surface area contributed by atoms with Gasteiger partial charge in [-0.1, -0.05) is 123 Å². The second kappa shape index (κ2) is 28.9. The largest absolute Gasteiger partial charge is 1.00 e. The Bertz CT molecular complexity index is 1450. The molecule has 4 aromatic rings. The molecular formula is C43H63I2O6PS. The summed E-state index contributed by atoms with van der Waals surface area (Å²) < 4.78 is 29.6. The second-order valence-electron chi connectivity index (χ2n) is 13.7. The van der Waals surface area contributed by atoms with Gasteiger partial charge in [-0.25, -0.2) is 0 Å². The van der Waals surface area contributed by atoms with Crippen LogP contribution in [0.15, 0.2) is 120 Å². The van der Waals surface area contributed by atoms with Gasteiger partial charge in [0.1, 0.15) is 23.2 Å². The molecule has 0 fully saturated rings. The first-order chi connectivity index (χ1) is 24.7. The van der Waals surface area contributed by atoms with Crippen molar-refractivity contribution in [3.63, 3.8) is 0 Å². The molecule has 10 heteroatoms. The van der Waals surface area contributed by atoms with E-state index in [1.165, 1.54) is 26.8 Å². The Kier molecular flexibility index (Phi) is 28.1. The summed E-state index contributed by atoms with van der Waals surface area (Å²) in [6, 6.07) is 39.1. The van der Waals surface area contributed by atoms with Crippen LogP contribution in [0.25, 0.3) is 0 Å². The number of alkyl halides is 1. The molecule has 53 heavy (non-hydrogen) atoms. The van der Waals surface area contributed by atoms with E-state index < -0.39 is 17.4 Å². The number of benzene rings is 4. The summed E-state index contributed by atoms with van der Waals surface area (Å²) in [6.07, 6.45) is 3.72. The van der Waals surface area contributed by atoms with Crippen molar-refractivity contribution in [2.24, 2.45) is 11.8 Å². The van der Waals surface area contributed by atoms with E-state index in [-0.39, 0.29) is 54.3 Å². The summed E-state index contributed by atoms with van der Waals surface area (Å²) in [5.74, 6) is 1.33. The minimum Gasteiger partial charge on any atom is -1.00 e. The van der Waals surface area contributed by atoms with Gasteiger partial charge in [-0.2, -0.15) is 8.42 Å². The lowest BCUT2D eigenvalue weighted by atomic mass is 10.2. The topological polar surface area (TPSA) is 104 Å². The minimum atomic E-state index is -3.57. The highest BCUT2D eigenvalue weighted by Crippen LogP contribution is 2.55. The van der Waals surface area contributed by atoms with Crippen LogP contribution in [0.4, 0.5) is 0 Å². The van der Waals surface area contributed by atoms with Crippen LogP contribution in [0.2, 0.25) is 0 Å². The van der Waals surface area contributed by atoms with E-state index in [1.54, 1.807) is 31.2 Å². The number of hydrogen-bond acceptors (Lipinski definition) is 6. The first-order valence-electron chi connectivity index (χ1n) is 18.2. The summed E-state index contributed by atoms with van der Waals surface area (Å²) in [5.41, 5.74) is 1.03. The third-order valence-electron chi connectivity index (χ3n) is 7.95. The van der Waals surface area contributed by atoms with Gasteiger partial charge in [-0.05, 0) is 105 Å². The molecule has 0 saturated carbocycles. The maximum Gasteiger partial charge on any atom is 0.296 e. The first kappa shape index (κ1) is 51.6. The van der Waals surface area contributed by atoms with Gasteiger partial charge in [0.05, 0.1) is 29.9 Å². The van der Waals surface area contributed by atoms with Crippen molar-refractivity contribution in [1.82, 2.24) is 0 Å².